The molecule has 1 aromatic carbocycles. The summed E-state index contributed by atoms with van der Waals surface area (Å²) in [5.41, 5.74) is 2.28. The molecule has 0 aliphatic rings. The molecule has 0 spiro atoms. The third kappa shape index (κ3) is 3.71. The molecular weight excluding hydrogens is 258 g/mol. The molecule has 0 aliphatic carbocycles. The summed E-state index contributed by atoms with van der Waals surface area (Å²) in [6.07, 6.45) is 1.69. The van der Waals surface area contributed by atoms with Gasteiger partial charge in [0.15, 0.2) is 0 Å². The fraction of sp³-hybridized carbons (Fsp3) is 0.312. The predicted octanol–water partition coefficient (Wildman–Crippen LogP) is 4.61. The summed E-state index contributed by atoms with van der Waals surface area (Å²) in [5.74, 6) is 0.919. The highest BCUT2D eigenvalue weighted by atomic mass is 35.5. The molecule has 3 heteroatoms. The van der Waals surface area contributed by atoms with E-state index in [0.29, 0.717) is 11.8 Å². The molecule has 0 atom stereocenters. The normalized spacial score (nSPS) is 11.4. The van der Waals surface area contributed by atoms with E-state index in [1.54, 1.807) is 6.20 Å². The van der Waals surface area contributed by atoms with Gasteiger partial charge in [0.2, 0.25) is 0 Å². The van der Waals surface area contributed by atoms with Crippen LogP contribution in [0.3, 0.4) is 0 Å². The highest BCUT2D eigenvalue weighted by Gasteiger charge is 2.18. The van der Waals surface area contributed by atoms with Crippen molar-refractivity contribution in [3.63, 3.8) is 0 Å². The summed E-state index contributed by atoms with van der Waals surface area (Å²) in [7, 11) is 0. The molecule has 0 fully saturated rings. The van der Waals surface area contributed by atoms with Crippen molar-refractivity contribution in [3.05, 3.63) is 58.9 Å². The van der Waals surface area contributed by atoms with Crippen molar-refractivity contribution in [1.82, 2.24) is 4.98 Å². The van der Waals surface area contributed by atoms with Crippen LogP contribution in [0.5, 0.6) is 5.75 Å². The van der Waals surface area contributed by atoms with Gasteiger partial charge in [-0.25, -0.2) is 4.98 Å². The fourth-order valence-corrected chi connectivity index (χ4v) is 2.10. The zero-order valence-corrected chi connectivity index (χ0v) is 12.2. The summed E-state index contributed by atoms with van der Waals surface area (Å²) in [5, 5.41) is 0.491. The van der Waals surface area contributed by atoms with Gasteiger partial charge in [-0.15, -0.1) is 0 Å². The molecule has 0 radical (unpaired) electrons. The minimum Gasteiger partial charge on any atom is -0.489 e. The molecule has 100 valence electrons. The zero-order chi connectivity index (χ0) is 13.9. The lowest BCUT2D eigenvalue weighted by Gasteiger charge is -2.22. The number of nitrogens with zero attached hydrogens (tertiary/aromatic N) is 1. The van der Waals surface area contributed by atoms with E-state index >= 15 is 0 Å². The van der Waals surface area contributed by atoms with Crippen molar-refractivity contribution in [2.45, 2.75) is 32.8 Å². The Bertz CT molecular complexity index is 561. The molecule has 0 bridgehead atoms. The van der Waals surface area contributed by atoms with Gasteiger partial charge in [0.25, 0.3) is 0 Å². The van der Waals surface area contributed by atoms with Crippen LogP contribution >= 0.6 is 11.6 Å². The molecule has 0 unspecified atom stereocenters. The number of hydrogen-bond acceptors (Lipinski definition) is 2. The van der Waals surface area contributed by atoms with Gasteiger partial charge < -0.3 is 4.74 Å². The number of aromatic nitrogens is 1. The Morgan fingerprint density at radius 2 is 1.89 bits per heavy atom. The molecule has 1 heterocycles. The predicted molar refractivity (Wildman–Crippen MR) is 78.7 cm³/mol. The number of hydrogen-bond donors (Lipinski definition) is 0. The Kier molecular flexibility index (Phi) is 4.11. The quantitative estimate of drug-likeness (QED) is 0.763. The van der Waals surface area contributed by atoms with E-state index in [1.807, 2.05) is 30.3 Å². The zero-order valence-electron chi connectivity index (χ0n) is 11.5. The lowest BCUT2D eigenvalue weighted by molar-refractivity contribution is 0.297. The molecule has 2 nitrogen and oxygen atoms in total. The lowest BCUT2D eigenvalue weighted by atomic mass is 9.86. The topological polar surface area (TPSA) is 22.1 Å². The van der Waals surface area contributed by atoms with Crippen molar-refractivity contribution in [1.29, 1.82) is 0 Å². The second-order valence-corrected chi connectivity index (χ2v) is 5.91. The average Bonchev–Trinajstić information content (AvgIpc) is 2.36. The number of halogens is 1. The summed E-state index contributed by atoms with van der Waals surface area (Å²) in [6, 6.07) is 11.9. The SMILES string of the molecule is CC(C)(C)c1ccccc1OCc1ccnc(Cl)c1. The largest absolute Gasteiger partial charge is 0.489 e. The van der Waals surface area contributed by atoms with Gasteiger partial charge in [-0.3, -0.25) is 0 Å². The van der Waals surface area contributed by atoms with Crippen LogP contribution in [0.15, 0.2) is 42.6 Å². The second-order valence-electron chi connectivity index (χ2n) is 5.52. The molecule has 2 rings (SSSR count). The van der Waals surface area contributed by atoms with E-state index < -0.39 is 0 Å². The maximum Gasteiger partial charge on any atom is 0.129 e. The molecule has 2 aromatic rings. The Labute approximate surface area is 119 Å². The Hall–Kier alpha value is -1.54. The maximum atomic E-state index is 5.92. The molecule has 0 N–H and O–H groups in total. The van der Waals surface area contributed by atoms with Gasteiger partial charge in [0.1, 0.15) is 17.5 Å². The van der Waals surface area contributed by atoms with Crippen LogP contribution in [0.2, 0.25) is 5.15 Å². The average molecular weight is 276 g/mol. The van der Waals surface area contributed by atoms with Gasteiger partial charge in [0, 0.05) is 6.20 Å². The van der Waals surface area contributed by atoms with Crippen LogP contribution in [0.4, 0.5) is 0 Å². The van der Waals surface area contributed by atoms with Crippen LogP contribution in [0, 0.1) is 0 Å². The van der Waals surface area contributed by atoms with Gasteiger partial charge in [-0.2, -0.15) is 0 Å². The van der Waals surface area contributed by atoms with Crippen molar-refractivity contribution in [2.75, 3.05) is 0 Å². The molecule has 0 amide bonds. The molecule has 0 aliphatic heterocycles. The Morgan fingerprint density at radius 1 is 1.16 bits per heavy atom. The van der Waals surface area contributed by atoms with E-state index in [4.69, 9.17) is 16.3 Å². The van der Waals surface area contributed by atoms with Crippen molar-refractivity contribution in [3.8, 4) is 5.75 Å². The number of pyridine rings is 1. The smallest absolute Gasteiger partial charge is 0.129 e. The van der Waals surface area contributed by atoms with E-state index in [9.17, 15) is 0 Å². The first-order chi connectivity index (χ1) is 8.97. The van der Waals surface area contributed by atoms with E-state index in [1.165, 1.54) is 5.56 Å². The third-order valence-corrected chi connectivity index (χ3v) is 3.09. The number of para-hydroxylation sites is 1. The highest BCUT2D eigenvalue weighted by molar-refractivity contribution is 6.29. The third-order valence-electron chi connectivity index (χ3n) is 2.88. The van der Waals surface area contributed by atoms with Crippen LogP contribution in [-0.2, 0) is 12.0 Å². The monoisotopic (exact) mass is 275 g/mol. The van der Waals surface area contributed by atoms with Gasteiger partial charge in [-0.05, 0) is 34.7 Å². The lowest BCUT2D eigenvalue weighted by Crippen LogP contribution is -2.13. The fourth-order valence-electron chi connectivity index (χ4n) is 1.91. The Morgan fingerprint density at radius 3 is 2.58 bits per heavy atom. The minimum absolute atomic E-state index is 0.0620. The summed E-state index contributed by atoms with van der Waals surface area (Å²) in [6.45, 7) is 7.03. The van der Waals surface area contributed by atoms with Gasteiger partial charge >= 0.3 is 0 Å². The van der Waals surface area contributed by atoms with Crippen LogP contribution in [0.1, 0.15) is 31.9 Å². The van der Waals surface area contributed by atoms with Crippen molar-refractivity contribution < 1.29 is 4.74 Å². The summed E-state index contributed by atoms with van der Waals surface area (Å²) >= 11 is 5.86. The first kappa shape index (κ1) is 13.9. The highest BCUT2D eigenvalue weighted by Crippen LogP contribution is 2.31. The molecule has 0 saturated heterocycles. The molecule has 19 heavy (non-hydrogen) atoms. The van der Waals surface area contributed by atoms with E-state index in [-0.39, 0.29) is 5.41 Å². The number of rotatable bonds is 3. The van der Waals surface area contributed by atoms with Crippen LogP contribution in [0.25, 0.3) is 0 Å². The molecule has 1 aromatic heterocycles. The summed E-state index contributed by atoms with van der Waals surface area (Å²) < 4.78 is 5.92. The molecular formula is C16H18ClNO. The molecule has 0 saturated carbocycles. The van der Waals surface area contributed by atoms with E-state index in [2.05, 4.69) is 31.8 Å². The first-order valence-corrected chi connectivity index (χ1v) is 6.67. The van der Waals surface area contributed by atoms with Crippen LogP contribution < -0.4 is 4.74 Å². The van der Waals surface area contributed by atoms with Gasteiger partial charge in [0.05, 0.1) is 0 Å². The first-order valence-electron chi connectivity index (χ1n) is 6.29. The number of ether oxygens (including phenoxy) is 1. The summed E-state index contributed by atoms with van der Waals surface area (Å²) in [4.78, 5) is 3.96. The minimum atomic E-state index is 0.0620. The van der Waals surface area contributed by atoms with Crippen LogP contribution in [-0.4, -0.2) is 4.98 Å². The standard InChI is InChI=1S/C16H18ClNO/c1-16(2,3)13-6-4-5-7-14(13)19-11-12-8-9-18-15(17)10-12/h4-10H,11H2,1-3H3. The van der Waals surface area contributed by atoms with Crippen molar-refractivity contribution in [2.24, 2.45) is 0 Å². The van der Waals surface area contributed by atoms with Crippen molar-refractivity contribution >= 4 is 11.6 Å². The second kappa shape index (κ2) is 5.62. The van der Waals surface area contributed by atoms with Gasteiger partial charge in [-0.1, -0.05) is 50.6 Å². The van der Waals surface area contributed by atoms with E-state index in [0.717, 1.165) is 11.3 Å². The number of benzene rings is 1. The Balaban J connectivity index is 2.16. The maximum absolute atomic E-state index is 5.92.